The van der Waals surface area contributed by atoms with E-state index >= 15 is 0 Å². The van der Waals surface area contributed by atoms with Crippen LogP contribution in [0.4, 0.5) is 0 Å². The summed E-state index contributed by atoms with van der Waals surface area (Å²) in [6, 6.07) is 6.63. The van der Waals surface area contributed by atoms with Gasteiger partial charge in [-0.3, -0.25) is 9.59 Å². The van der Waals surface area contributed by atoms with Crippen LogP contribution in [0.1, 0.15) is 30.6 Å². The molecule has 5 nitrogen and oxygen atoms in total. The fourth-order valence-electron chi connectivity index (χ4n) is 1.66. The lowest BCUT2D eigenvalue weighted by Gasteiger charge is -2.24. The van der Waals surface area contributed by atoms with Crippen molar-refractivity contribution in [3.8, 4) is 5.75 Å². The molecule has 0 saturated heterocycles. The number of carbonyl (C=O) groups is 2. The first-order chi connectivity index (χ1) is 9.34. The third-order valence-electron chi connectivity index (χ3n) is 2.53. The van der Waals surface area contributed by atoms with Gasteiger partial charge in [-0.15, -0.1) is 0 Å². The van der Waals surface area contributed by atoms with Crippen molar-refractivity contribution < 1.29 is 19.4 Å². The van der Waals surface area contributed by atoms with Crippen LogP contribution in [-0.2, 0) is 4.79 Å². The molecule has 0 aliphatic carbocycles. The van der Waals surface area contributed by atoms with Crippen molar-refractivity contribution >= 4 is 11.9 Å². The first kappa shape index (κ1) is 15.8. The van der Waals surface area contributed by atoms with Crippen LogP contribution >= 0.6 is 0 Å². The van der Waals surface area contributed by atoms with Crippen molar-refractivity contribution in [1.29, 1.82) is 0 Å². The number of hydrogen-bond acceptors (Lipinski definition) is 3. The van der Waals surface area contributed by atoms with Crippen LogP contribution in [0.5, 0.6) is 5.75 Å². The number of ether oxygens (including phenoxy) is 1. The van der Waals surface area contributed by atoms with E-state index in [0.717, 1.165) is 0 Å². The number of carboxylic acid groups (broad SMARTS) is 1. The lowest BCUT2D eigenvalue weighted by Crippen LogP contribution is -2.44. The molecule has 5 heteroatoms. The third kappa shape index (κ3) is 5.14. The summed E-state index contributed by atoms with van der Waals surface area (Å²) in [5, 5.41) is 11.5. The first-order valence-corrected chi connectivity index (χ1v) is 6.22. The number of aliphatic carboxylic acids is 1. The predicted octanol–water partition coefficient (Wildman–Crippen LogP) is 2.23. The molecular formula is C15H19NO4. The molecule has 1 aromatic carbocycles. The minimum absolute atomic E-state index is 0.140. The van der Waals surface area contributed by atoms with Gasteiger partial charge in [-0.05, 0) is 38.1 Å². The summed E-state index contributed by atoms with van der Waals surface area (Å²) in [6.45, 7) is 7.28. The largest absolute Gasteiger partial charge is 0.490 e. The Labute approximate surface area is 118 Å². The van der Waals surface area contributed by atoms with Gasteiger partial charge in [0.2, 0.25) is 0 Å². The Balaban J connectivity index is 2.68. The lowest BCUT2D eigenvalue weighted by molar-refractivity contribution is -0.138. The van der Waals surface area contributed by atoms with Gasteiger partial charge in [0.05, 0.1) is 6.42 Å². The van der Waals surface area contributed by atoms with Gasteiger partial charge < -0.3 is 15.2 Å². The summed E-state index contributed by atoms with van der Waals surface area (Å²) < 4.78 is 5.32. The Bertz CT molecular complexity index is 491. The maximum Gasteiger partial charge on any atom is 0.305 e. The predicted molar refractivity (Wildman–Crippen MR) is 75.9 cm³/mol. The second kappa shape index (κ2) is 6.75. The Hall–Kier alpha value is -2.30. The highest BCUT2D eigenvalue weighted by molar-refractivity contribution is 5.95. The molecule has 1 rings (SSSR count). The Morgan fingerprint density at radius 1 is 1.35 bits per heavy atom. The van der Waals surface area contributed by atoms with Crippen LogP contribution in [0.15, 0.2) is 36.9 Å². The number of carboxylic acids is 1. The molecule has 0 aromatic heterocycles. The maximum atomic E-state index is 12.0. The first-order valence-electron chi connectivity index (χ1n) is 6.22. The molecule has 0 aliphatic heterocycles. The standard InChI is InChI=1S/C15H19NO4/c1-4-9-20-12-7-5-11(6-8-12)14(19)16-15(2,3)10-13(17)18/h4-8H,1,9-10H2,2-3H3,(H,16,19)(H,17,18). The van der Waals surface area contributed by atoms with Crippen molar-refractivity contribution in [2.45, 2.75) is 25.8 Å². The van der Waals surface area contributed by atoms with E-state index in [1.54, 1.807) is 44.2 Å². The number of amides is 1. The van der Waals surface area contributed by atoms with Crippen LogP contribution in [0.2, 0.25) is 0 Å². The maximum absolute atomic E-state index is 12.0. The normalized spacial score (nSPS) is 10.7. The summed E-state index contributed by atoms with van der Waals surface area (Å²) >= 11 is 0. The minimum Gasteiger partial charge on any atom is -0.490 e. The number of nitrogens with one attached hydrogen (secondary N) is 1. The highest BCUT2D eigenvalue weighted by atomic mass is 16.5. The molecule has 0 bridgehead atoms. The topological polar surface area (TPSA) is 75.6 Å². The van der Waals surface area contributed by atoms with E-state index in [4.69, 9.17) is 9.84 Å². The summed E-state index contributed by atoms with van der Waals surface area (Å²) in [5.74, 6) is -0.624. The van der Waals surface area contributed by atoms with Gasteiger partial charge in [-0.2, -0.15) is 0 Å². The summed E-state index contributed by atoms with van der Waals surface area (Å²) in [5.41, 5.74) is -0.351. The van der Waals surface area contributed by atoms with Crippen LogP contribution < -0.4 is 10.1 Å². The number of rotatable bonds is 7. The van der Waals surface area contributed by atoms with Crippen LogP contribution in [0.3, 0.4) is 0 Å². The molecule has 108 valence electrons. The van der Waals surface area contributed by atoms with Crippen LogP contribution in [-0.4, -0.2) is 29.1 Å². The highest BCUT2D eigenvalue weighted by Crippen LogP contribution is 2.14. The Morgan fingerprint density at radius 3 is 2.45 bits per heavy atom. The molecule has 0 heterocycles. The average molecular weight is 277 g/mol. The van der Waals surface area contributed by atoms with Crippen molar-refractivity contribution in [2.24, 2.45) is 0 Å². The van der Waals surface area contributed by atoms with Crippen molar-refractivity contribution in [3.63, 3.8) is 0 Å². The van der Waals surface area contributed by atoms with Gasteiger partial charge in [0, 0.05) is 11.1 Å². The number of carbonyl (C=O) groups excluding carboxylic acids is 1. The van der Waals surface area contributed by atoms with Crippen molar-refractivity contribution in [2.75, 3.05) is 6.61 Å². The van der Waals surface area contributed by atoms with Gasteiger partial charge in [0.25, 0.3) is 5.91 Å². The molecule has 0 aliphatic rings. The SMILES string of the molecule is C=CCOc1ccc(C(=O)NC(C)(C)CC(=O)O)cc1. The minimum atomic E-state index is -0.955. The molecule has 0 radical (unpaired) electrons. The lowest BCUT2D eigenvalue weighted by atomic mass is 10.00. The van der Waals surface area contributed by atoms with Gasteiger partial charge in [-0.1, -0.05) is 12.7 Å². The molecular weight excluding hydrogens is 258 g/mol. The summed E-state index contributed by atoms with van der Waals surface area (Å²) in [4.78, 5) is 22.7. The molecule has 20 heavy (non-hydrogen) atoms. The summed E-state index contributed by atoms with van der Waals surface area (Å²) in [6.07, 6.45) is 1.49. The zero-order valence-electron chi connectivity index (χ0n) is 11.7. The Kier molecular flexibility index (Phi) is 5.32. The van der Waals surface area contributed by atoms with E-state index < -0.39 is 11.5 Å². The smallest absolute Gasteiger partial charge is 0.305 e. The molecule has 0 unspecified atom stereocenters. The second-order valence-electron chi connectivity index (χ2n) is 5.03. The van der Waals surface area contributed by atoms with E-state index in [1.807, 2.05) is 0 Å². The Morgan fingerprint density at radius 2 is 1.95 bits per heavy atom. The molecule has 2 N–H and O–H groups in total. The average Bonchev–Trinajstić information content (AvgIpc) is 2.34. The highest BCUT2D eigenvalue weighted by Gasteiger charge is 2.24. The fourth-order valence-corrected chi connectivity index (χ4v) is 1.66. The van der Waals surface area contributed by atoms with Crippen LogP contribution in [0.25, 0.3) is 0 Å². The molecule has 0 saturated carbocycles. The molecule has 1 amide bonds. The molecule has 0 fully saturated rings. The van der Waals surface area contributed by atoms with Crippen LogP contribution in [0, 0.1) is 0 Å². The van der Waals surface area contributed by atoms with Crippen molar-refractivity contribution in [3.05, 3.63) is 42.5 Å². The zero-order valence-corrected chi connectivity index (χ0v) is 11.7. The van der Waals surface area contributed by atoms with Crippen molar-refractivity contribution in [1.82, 2.24) is 5.32 Å². The molecule has 0 spiro atoms. The van der Waals surface area contributed by atoms with E-state index in [0.29, 0.717) is 17.9 Å². The summed E-state index contributed by atoms with van der Waals surface area (Å²) in [7, 11) is 0. The molecule has 0 atom stereocenters. The van der Waals surface area contributed by atoms with Gasteiger partial charge in [0.1, 0.15) is 12.4 Å². The van der Waals surface area contributed by atoms with E-state index in [9.17, 15) is 9.59 Å². The second-order valence-corrected chi connectivity index (χ2v) is 5.03. The number of hydrogen-bond donors (Lipinski definition) is 2. The van der Waals surface area contributed by atoms with Gasteiger partial charge in [0.15, 0.2) is 0 Å². The van der Waals surface area contributed by atoms with E-state index in [2.05, 4.69) is 11.9 Å². The quantitative estimate of drug-likeness (QED) is 0.749. The third-order valence-corrected chi connectivity index (χ3v) is 2.53. The monoisotopic (exact) mass is 277 g/mol. The number of benzene rings is 1. The zero-order chi connectivity index (χ0) is 15.2. The van der Waals surface area contributed by atoms with E-state index in [-0.39, 0.29) is 12.3 Å². The fraction of sp³-hybridized carbons (Fsp3) is 0.333. The van der Waals surface area contributed by atoms with E-state index in [1.165, 1.54) is 0 Å². The molecule has 1 aromatic rings. The van der Waals surface area contributed by atoms with Gasteiger partial charge in [-0.25, -0.2) is 0 Å². The van der Waals surface area contributed by atoms with Gasteiger partial charge >= 0.3 is 5.97 Å².